The fourth-order valence-electron chi connectivity index (χ4n) is 5.74. The molecule has 4 aliphatic rings. The molecule has 0 unspecified atom stereocenters. The van der Waals surface area contributed by atoms with E-state index in [9.17, 15) is 9.90 Å². The Morgan fingerprint density at radius 1 is 1.10 bits per heavy atom. The highest BCUT2D eigenvalue weighted by Crippen LogP contribution is 2.61. The third-order valence-electron chi connectivity index (χ3n) is 6.02. The van der Waals surface area contributed by atoms with Crippen molar-refractivity contribution in [2.45, 2.75) is 50.9 Å². The van der Waals surface area contributed by atoms with Crippen LogP contribution in [-0.2, 0) is 5.41 Å². The first kappa shape index (κ1) is 12.4. The minimum atomic E-state index is -0.751. The molecule has 0 radical (unpaired) electrons. The molecule has 106 valence electrons. The molecule has 5 rings (SSSR count). The Hall–Kier alpha value is -1.31. The molecule has 0 spiro atoms. The number of aromatic carboxylic acids is 1. The zero-order valence-corrected chi connectivity index (χ0v) is 12.1. The lowest BCUT2D eigenvalue weighted by molar-refractivity contribution is -0.00582. The van der Waals surface area contributed by atoms with Crippen LogP contribution in [0.3, 0.4) is 0 Å². The number of aryl methyl sites for hydroxylation is 1. The Bertz CT molecular complexity index is 537. The minimum absolute atomic E-state index is 0.177. The van der Waals surface area contributed by atoms with Crippen molar-refractivity contribution in [2.24, 2.45) is 17.8 Å². The predicted molar refractivity (Wildman–Crippen MR) is 78.0 cm³/mol. The molecule has 0 saturated heterocycles. The second kappa shape index (κ2) is 4.09. The zero-order valence-electron chi connectivity index (χ0n) is 12.1. The molecule has 0 heterocycles. The molecule has 1 aromatic rings. The average molecular weight is 270 g/mol. The summed E-state index contributed by atoms with van der Waals surface area (Å²) in [6.45, 7) is 1.98. The van der Waals surface area contributed by atoms with Gasteiger partial charge in [-0.15, -0.1) is 0 Å². The highest BCUT2D eigenvalue weighted by Gasteiger charge is 2.52. The first-order chi connectivity index (χ1) is 9.56. The first-order valence-corrected chi connectivity index (χ1v) is 7.90. The van der Waals surface area contributed by atoms with Crippen LogP contribution in [0.5, 0.6) is 0 Å². The lowest BCUT2D eigenvalue weighted by Gasteiger charge is -2.57. The molecule has 0 aliphatic heterocycles. The normalized spacial score (nSPS) is 38.1. The topological polar surface area (TPSA) is 37.3 Å². The standard InChI is InChI=1S/C18H22O2/c1-11-2-3-16(15(4-11)17(19)20)18-8-12-5-13(9-18)7-14(6-12)10-18/h2-4,12-14H,5-10H2,1H3,(H,19,20). The van der Waals surface area contributed by atoms with Gasteiger partial charge < -0.3 is 5.11 Å². The van der Waals surface area contributed by atoms with E-state index >= 15 is 0 Å². The largest absolute Gasteiger partial charge is 0.478 e. The Morgan fingerprint density at radius 2 is 1.65 bits per heavy atom. The summed E-state index contributed by atoms with van der Waals surface area (Å²) in [6.07, 6.45) is 7.86. The average Bonchev–Trinajstić information content (AvgIpc) is 2.36. The van der Waals surface area contributed by atoms with Crippen molar-refractivity contribution in [3.63, 3.8) is 0 Å². The van der Waals surface area contributed by atoms with Crippen molar-refractivity contribution in [3.8, 4) is 0 Å². The lowest BCUT2D eigenvalue weighted by atomic mass is 9.47. The SMILES string of the molecule is Cc1ccc(C23CC4CC(CC(C4)C2)C3)c(C(=O)O)c1. The number of carboxylic acid groups (broad SMARTS) is 1. The van der Waals surface area contributed by atoms with Crippen molar-refractivity contribution < 1.29 is 9.90 Å². The van der Waals surface area contributed by atoms with E-state index in [1.54, 1.807) is 0 Å². The molecular formula is C18H22O2. The first-order valence-electron chi connectivity index (χ1n) is 7.90. The third-order valence-corrected chi connectivity index (χ3v) is 6.02. The molecule has 20 heavy (non-hydrogen) atoms. The second-order valence-electron chi connectivity index (χ2n) is 7.55. The number of hydrogen-bond donors (Lipinski definition) is 1. The van der Waals surface area contributed by atoms with Gasteiger partial charge in [-0.25, -0.2) is 4.79 Å². The van der Waals surface area contributed by atoms with Crippen LogP contribution in [0.1, 0.15) is 60.0 Å². The van der Waals surface area contributed by atoms with Gasteiger partial charge in [-0.3, -0.25) is 0 Å². The second-order valence-corrected chi connectivity index (χ2v) is 7.55. The maximum atomic E-state index is 11.7. The highest BCUT2D eigenvalue weighted by molar-refractivity contribution is 5.90. The van der Waals surface area contributed by atoms with E-state index in [-0.39, 0.29) is 5.41 Å². The summed E-state index contributed by atoms with van der Waals surface area (Å²) < 4.78 is 0. The Labute approximate surface area is 120 Å². The van der Waals surface area contributed by atoms with E-state index in [2.05, 4.69) is 12.1 Å². The van der Waals surface area contributed by atoms with Crippen molar-refractivity contribution in [1.82, 2.24) is 0 Å². The molecule has 4 aliphatic carbocycles. The van der Waals surface area contributed by atoms with E-state index in [4.69, 9.17) is 0 Å². The van der Waals surface area contributed by atoms with Crippen LogP contribution in [0.15, 0.2) is 18.2 Å². The van der Waals surface area contributed by atoms with E-state index in [0.29, 0.717) is 5.56 Å². The quantitative estimate of drug-likeness (QED) is 0.876. The number of rotatable bonds is 2. The van der Waals surface area contributed by atoms with Gasteiger partial charge in [0.1, 0.15) is 0 Å². The third kappa shape index (κ3) is 1.73. The zero-order chi connectivity index (χ0) is 13.9. The van der Waals surface area contributed by atoms with Gasteiger partial charge in [0.05, 0.1) is 5.56 Å². The number of carbonyl (C=O) groups is 1. The number of benzene rings is 1. The molecule has 2 nitrogen and oxygen atoms in total. The summed E-state index contributed by atoms with van der Waals surface area (Å²) >= 11 is 0. The molecule has 4 saturated carbocycles. The van der Waals surface area contributed by atoms with Crippen LogP contribution in [0.4, 0.5) is 0 Å². The summed E-state index contributed by atoms with van der Waals surface area (Å²) in [6, 6.07) is 6.09. The Kier molecular flexibility index (Phi) is 2.55. The molecule has 0 amide bonds. The lowest BCUT2D eigenvalue weighted by Crippen LogP contribution is -2.49. The van der Waals surface area contributed by atoms with Gasteiger partial charge in [0.25, 0.3) is 0 Å². The van der Waals surface area contributed by atoms with Crippen LogP contribution < -0.4 is 0 Å². The van der Waals surface area contributed by atoms with Crippen molar-refractivity contribution >= 4 is 5.97 Å². The van der Waals surface area contributed by atoms with Crippen LogP contribution in [0.2, 0.25) is 0 Å². The van der Waals surface area contributed by atoms with Gasteiger partial charge in [0.15, 0.2) is 0 Å². The fraction of sp³-hybridized carbons (Fsp3) is 0.611. The van der Waals surface area contributed by atoms with Gasteiger partial charge in [0, 0.05) is 0 Å². The van der Waals surface area contributed by atoms with Crippen LogP contribution in [-0.4, -0.2) is 11.1 Å². The minimum Gasteiger partial charge on any atom is -0.478 e. The number of hydrogen-bond acceptors (Lipinski definition) is 1. The molecule has 4 fully saturated rings. The molecular weight excluding hydrogens is 248 g/mol. The van der Waals surface area contributed by atoms with Crippen molar-refractivity contribution in [1.29, 1.82) is 0 Å². The van der Waals surface area contributed by atoms with E-state index in [1.807, 2.05) is 13.0 Å². The summed E-state index contributed by atoms with van der Waals surface area (Å²) in [5, 5.41) is 9.59. The van der Waals surface area contributed by atoms with Gasteiger partial charge in [-0.05, 0) is 80.2 Å². The van der Waals surface area contributed by atoms with E-state index in [0.717, 1.165) is 28.9 Å². The maximum absolute atomic E-state index is 11.7. The van der Waals surface area contributed by atoms with Gasteiger partial charge >= 0.3 is 5.97 Å². The number of carboxylic acids is 1. The van der Waals surface area contributed by atoms with Gasteiger partial charge in [0.2, 0.25) is 0 Å². The highest BCUT2D eigenvalue weighted by atomic mass is 16.4. The summed E-state index contributed by atoms with van der Waals surface area (Å²) in [5.41, 5.74) is 2.92. The predicted octanol–water partition coefficient (Wildman–Crippen LogP) is 4.16. The summed E-state index contributed by atoms with van der Waals surface area (Å²) in [5.74, 6) is 1.80. The molecule has 4 bridgehead atoms. The fourth-order valence-corrected chi connectivity index (χ4v) is 5.74. The molecule has 1 aromatic carbocycles. The molecule has 0 aromatic heterocycles. The van der Waals surface area contributed by atoms with Crippen LogP contribution in [0.25, 0.3) is 0 Å². The molecule has 1 N–H and O–H groups in total. The van der Waals surface area contributed by atoms with Gasteiger partial charge in [-0.2, -0.15) is 0 Å². The van der Waals surface area contributed by atoms with Gasteiger partial charge in [-0.1, -0.05) is 17.7 Å². The van der Waals surface area contributed by atoms with E-state index in [1.165, 1.54) is 38.5 Å². The molecule has 2 heteroatoms. The smallest absolute Gasteiger partial charge is 0.335 e. The Balaban J connectivity index is 1.83. The van der Waals surface area contributed by atoms with E-state index < -0.39 is 5.97 Å². The Morgan fingerprint density at radius 3 is 2.15 bits per heavy atom. The molecule has 0 atom stereocenters. The summed E-state index contributed by atoms with van der Waals surface area (Å²) in [7, 11) is 0. The van der Waals surface area contributed by atoms with Crippen LogP contribution >= 0.6 is 0 Å². The summed E-state index contributed by atoms with van der Waals surface area (Å²) in [4.78, 5) is 11.7. The van der Waals surface area contributed by atoms with Crippen molar-refractivity contribution in [3.05, 3.63) is 34.9 Å². The van der Waals surface area contributed by atoms with Crippen LogP contribution in [0, 0.1) is 24.7 Å². The monoisotopic (exact) mass is 270 g/mol. The van der Waals surface area contributed by atoms with Crippen molar-refractivity contribution in [2.75, 3.05) is 0 Å². The maximum Gasteiger partial charge on any atom is 0.335 e.